The Morgan fingerprint density at radius 1 is 1.08 bits per heavy atom. The molecule has 3 rings (SSSR count). The summed E-state index contributed by atoms with van der Waals surface area (Å²) in [5, 5.41) is 2.70. The Balaban J connectivity index is 1.66. The van der Waals surface area contributed by atoms with E-state index in [2.05, 4.69) is 5.32 Å². The van der Waals surface area contributed by atoms with Crippen molar-refractivity contribution in [2.45, 2.75) is 50.5 Å². The first-order chi connectivity index (χ1) is 17.1. The molecular formula is C25H33F2N3O5S. The maximum absolute atomic E-state index is 14.1. The number of carbonyl (C=O) groups excluding carboxylic acids is 1. The zero-order chi connectivity index (χ0) is 26.5. The van der Waals surface area contributed by atoms with E-state index < -0.39 is 27.7 Å². The summed E-state index contributed by atoms with van der Waals surface area (Å²) in [6, 6.07) is 8.18. The van der Waals surface area contributed by atoms with Crippen molar-refractivity contribution in [3.8, 4) is 0 Å². The zero-order valence-electron chi connectivity index (χ0n) is 20.9. The number of rotatable bonds is 9. The smallest absolute Gasteiger partial charge is 0.322 e. The topological polar surface area (TPSA) is 88.2 Å². The van der Waals surface area contributed by atoms with Crippen molar-refractivity contribution in [2.75, 3.05) is 32.6 Å². The number of halogens is 2. The fourth-order valence-electron chi connectivity index (χ4n) is 4.26. The van der Waals surface area contributed by atoms with E-state index in [1.54, 1.807) is 28.1 Å². The predicted octanol–water partition coefficient (Wildman–Crippen LogP) is 4.43. The summed E-state index contributed by atoms with van der Waals surface area (Å²) >= 11 is 0. The van der Waals surface area contributed by atoms with Crippen LogP contribution >= 0.6 is 0 Å². The van der Waals surface area contributed by atoms with Crippen molar-refractivity contribution in [3.63, 3.8) is 0 Å². The molecule has 36 heavy (non-hydrogen) atoms. The van der Waals surface area contributed by atoms with E-state index in [0.29, 0.717) is 31.6 Å². The molecule has 2 aromatic rings. The van der Waals surface area contributed by atoms with Gasteiger partial charge in [0.25, 0.3) is 0 Å². The van der Waals surface area contributed by atoms with Gasteiger partial charge in [-0.05, 0) is 69.2 Å². The van der Waals surface area contributed by atoms with Crippen LogP contribution in [-0.4, -0.2) is 63.3 Å². The van der Waals surface area contributed by atoms with Gasteiger partial charge in [0.05, 0.1) is 11.4 Å². The number of urea groups is 1. The maximum Gasteiger partial charge on any atom is 0.322 e. The molecule has 198 valence electrons. The molecule has 0 aromatic heterocycles. The molecule has 1 heterocycles. The lowest BCUT2D eigenvalue weighted by molar-refractivity contribution is -0.144. The van der Waals surface area contributed by atoms with Gasteiger partial charge in [-0.3, -0.25) is 0 Å². The Morgan fingerprint density at radius 2 is 1.69 bits per heavy atom. The van der Waals surface area contributed by atoms with Crippen LogP contribution in [0.15, 0.2) is 47.4 Å². The Hall–Kier alpha value is -2.60. The molecule has 1 aliphatic heterocycles. The minimum Gasteiger partial charge on any atom is -0.356 e. The fourth-order valence-corrected chi connectivity index (χ4v) is 5.73. The molecule has 0 atom stereocenters. The number of benzene rings is 2. The molecular weight excluding hydrogens is 492 g/mol. The highest BCUT2D eigenvalue weighted by atomic mass is 32.2. The van der Waals surface area contributed by atoms with Crippen molar-refractivity contribution in [2.24, 2.45) is 5.92 Å². The van der Waals surface area contributed by atoms with Gasteiger partial charge < -0.3 is 19.7 Å². The first kappa shape index (κ1) is 28.0. The van der Waals surface area contributed by atoms with Crippen LogP contribution in [0, 0.1) is 17.6 Å². The van der Waals surface area contributed by atoms with Gasteiger partial charge in [-0.15, -0.1) is 0 Å². The second kappa shape index (κ2) is 12.1. The molecule has 1 aliphatic rings. The number of carbonyl (C=O) groups is 1. The normalized spacial score (nSPS) is 15.4. The largest absolute Gasteiger partial charge is 0.356 e. The number of anilines is 1. The van der Waals surface area contributed by atoms with Crippen molar-refractivity contribution in [1.82, 2.24) is 9.21 Å². The Kier molecular flexibility index (Phi) is 9.40. The molecule has 0 spiro atoms. The van der Waals surface area contributed by atoms with E-state index in [4.69, 9.17) is 9.47 Å². The maximum atomic E-state index is 14.1. The van der Waals surface area contributed by atoms with Crippen LogP contribution in [0.4, 0.5) is 19.3 Å². The minimum absolute atomic E-state index is 0.0615. The number of hydrogen-bond acceptors (Lipinski definition) is 5. The number of hydrogen-bond donors (Lipinski definition) is 1. The lowest BCUT2D eigenvalue weighted by Gasteiger charge is -2.34. The first-order valence-corrected chi connectivity index (χ1v) is 13.2. The van der Waals surface area contributed by atoms with Crippen LogP contribution in [0.3, 0.4) is 0 Å². The zero-order valence-corrected chi connectivity index (χ0v) is 21.7. The summed E-state index contributed by atoms with van der Waals surface area (Å²) in [5.41, 5.74) is 0.442. The quantitative estimate of drug-likeness (QED) is 0.490. The molecule has 0 unspecified atom stereocenters. The van der Waals surface area contributed by atoms with Gasteiger partial charge in [0.1, 0.15) is 11.6 Å². The predicted molar refractivity (Wildman–Crippen MR) is 132 cm³/mol. The molecule has 8 nitrogen and oxygen atoms in total. The van der Waals surface area contributed by atoms with E-state index in [9.17, 15) is 22.0 Å². The minimum atomic E-state index is -3.70. The summed E-state index contributed by atoms with van der Waals surface area (Å²) in [6.45, 7) is 4.11. The second-order valence-electron chi connectivity index (χ2n) is 8.99. The molecule has 0 saturated carbocycles. The first-order valence-electron chi connectivity index (χ1n) is 11.7. The number of sulfonamides is 1. The number of nitrogens with zero attached hydrogens (tertiary/aromatic N) is 2. The van der Waals surface area contributed by atoms with Gasteiger partial charge >= 0.3 is 6.03 Å². The van der Waals surface area contributed by atoms with Crippen molar-refractivity contribution in [1.29, 1.82) is 0 Å². The third kappa shape index (κ3) is 6.58. The highest BCUT2D eigenvalue weighted by Gasteiger charge is 2.33. The third-order valence-electron chi connectivity index (χ3n) is 6.32. The second-order valence-corrected chi connectivity index (χ2v) is 10.9. The van der Waals surface area contributed by atoms with Crippen LogP contribution in [-0.2, 0) is 26.0 Å². The number of ether oxygens (including phenoxy) is 2. The van der Waals surface area contributed by atoms with E-state index >= 15 is 0 Å². The van der Waals surface area contributed by atoms with Gasteiger partial charge in [0.15, 0.2) is 6.29 Å². The van der Waals surface area contributed by atoms with E-state index in [0.717, 1.165) is 18.2 Å². The lowest BCUT2D eigenvalue weighted by atomic mass is 9.97. The SMILES string of the molecule is COC(OC)C1CCN(S(=O)(=O)c2ccc(NC(=O)N(Cc3cc(F)ccc3F)C(C)C)cc2)CC1. The van der Waals surface area contributed by atoms with Gasteiger partial charge in [-0.2, -0.15) is 4.31 Å². The van der Waals surface area contributed by atoms with Crippen LogP contribution in [0.1, 0.15) is 32.3 Å². The highest BCUT2D eigenvalue weighted by Crippen LogP contribution is 2.27. The van der Waals surface area contributed by atoms with Crippen LogP contribution in [0.25, 0.3) is 0 Å². The summed E-state index contributed by atoms with van der Waals surface area (Å²) < 4.78 is 65.9. The van der Waals surface area contributed by atoms with Crippen LogP contribution in [0.5, 0.6) is 0 Å². The van der Waals surface area contributed by atoms with Crippen LogP contribution < -0.4 is 5.32 Å². The van der Waals surface area contributed by atoms with Crippen molar-refractivity contribution >= 4 is 21.7 Å². The third-order valence-corrected chi connectivity index (χ3v) is 8.24. The summed E-state index contributed by atoms with van der Waals surface area (Å²) in [5.74, 6) is -1.07. The van der Waals surface area contributed by atoms with Gasteiger partial charge in [-0.1, -0.05) is 0 Å². The van der Waals surface area contributed by atoms with Crippen molar-refractivity contribution in [3.05, 3.63) is 59.7 Å². The molecule has 1 N–H and O–H groups in total. The van der Waals surface area contributed by atoms with E-state index in [-0.39, 0.29) is 35.3 Å². The number of nitrogens with one attached hydrogen (secondary N) is 1. The molecule has 0 aliphatic carbocycles. The molecule has 0 bridgehead atoms. The summed E-state index contributed by atoms with van der Waals surface area (Å²) in [6.07, 6.45) is 0.883. The van der Waals surface area contributed by atoms with E-state index in [1.807, 2.05) is 0 Å². The molecule has 0 radical (unpaired) electrons. The average molecular weight is 526 g/mol. The Morgan fingerprint density at radius 3 is 2.25 bits per heavy atom. The highest BCUT2D eigenvalue weighted by molar-refractivity contribution is 7.89. The lowest BCUT2D eigenvalue weighted by Crippen LogP contribution is -2.42. The van der Waals surface area contributed by atoms with Crippen LogP contribution in [0.2, 0.25) is 0 Å². The van der Waals surface area contributed by atoms with Crippen molar-refractivity contribution < 1.29 is 31.5 Å². The number of piperidine rings is 1. The summed E-state index contributed by atoms with van der Waals surface area (Å²) in [4.78, 5) is 14.4. The summed E-state index contributed by atoms with van der Waals surface area (Å²) in [7, 11) is -0.563. The number of amides is 2. The van der Waals surface area contributed by atoms with Gasteiger partial charge in [-0.25, -0.2) is 22.0 Å². The van der Waals surface area contributed by atoms with Gasteiger partial charge in [0.2, 0.25) is 10.0 Å². The Labute approximate surface area is 211 Å². The van der Waals surface area contributed by atoms with Gasteiger partial charge in [0, 0.05) is 50.5 Å². The molecule has 2 aromatic carbocycles. The van der Waals surface area contributed by atoms with E-state index in [1.165, 1.54) is 33.5 Å². The average Bonchev–Trinajstić information content (AvgIpc) is 2.85. The molecule has 1 fully saturated rings. The Bertz CT molecular complexity index is 1130. The fraction of sp³-hybridized carbons (Fsp3) is 0.480. The number of methoxy groups -OCH3 is 2. The molecule has 11 heteroatoms. The standard InChI is InChI=1S/C25H33F2N3O5S/c1-17(2)30(16-19-15-20(26)5-10-23(19)27)25(31)28-21-6-8-22(9-7-21)36(32,33)29-13-11-18(12-14-29)24(34-3)35-4/h5-10,15,17-18,24H,11-14,16H2,1-4H3,(H,28,31). The monoisotopic (exact) mass is 525 g/mol. The molecule has 1 saturated heterocycles. The molecule has 2 amide bonds.